The van der Waals surface area contributed by atoms with E-state index in [1.54, 1.807) is 41.3 Å². The van der Waals surface area contributed by atoms with Crippen molar-refractivity contribution in [1.82, 2.24) is 19.7 Å². The zero-order chi connectivity index (χ0) is 14.4. The maximum absolute atomic E-state index is 12.5. The number of amides is 1. The quantitative estimate of drug-likeness (QED) is 0.844. The minimum atomic E-state index is -0.0395. The van der Waals surface area contributed by atoms with Gasteiger partial charge in [-0.15, -0.1) is 0 Å². The Morgan fingerprint density at radius 3 is 2.85 bits per heavy atom. The van der Waals surface area contributed by atoms with Crippen LogP contribution in [0, 0.1) is 0 Å². The van der Waals surface area contributed by atoms with Crippen LogP contribution in [0.5, 0.6) is 0 Å². The van der Waals surface area contributed by atoms with Gasteiger partial charge in [-0.05, 0) is 30.7 Å². The van der Waals surface area contributed by atoms with Gasteiger partial charge in [-0.2, -0.15) is 5.10 Å². The molecule has 0 atom stereocenters. The first-order valence-corrected chi connectivity index (χ1v) is 6.58. The molecule has 20 heavy (non-hydrogen) atoms. The number of aromatic nitrogens is 3. The Kier molecular flexibility index (Phi) is 4.84. The summed E-state index contributed by atoms with van der Waals surface area (Å²) < 4.78 is 1.58. The van der Waals surface area contributed by atoms with Crippen LogP contribution < -0.4 is 5.73 Å². The van der Waals surface area contributed by atoms with Crippen LogP contribution in [-0.4, -0.2) is 38.7 Å². The number of carbonyl (C=O) groups excluding carboxylic acids is 1. The van der Waals surface area contributed by atoms with E-state index in [0.717, 1.165) is 12.0 Å². The molecule has 0 aromatic carbocycles. The van der Waals surface area contributed by atoms with Crippen LogP contribution in [0.3, 0.4) is 0 Å². The second-order valence-corrected chi connectivity index (χ2v) is 4.57. The van der Waals surface area contributed by atoms with E-state index < -0.39 is 0 Å². The minimum absolute atomic E-state index is 0.0395. The van der Waals surface area contributed by atoms with Gasteiger partial charge >= 0.3 is 0 Å². The van der Waals surface area contributed by atoms with Gasteiger partial charge in [0.05, 0.1) is 0 Å². The summed E-state index contributed by atoms with van der Waals surface area (Å²) in [6.45, 7) is 1.70. The third-order valence-electron chi connectivity index (χ3n) is 3.06. The van der Waals surface area contributed by atoms with E-state index >= 15 is 0 Å². The van der Waals surface area contributed by atoms with Crippen molar-refractivity contribution in [1.29, 1.82) is 0 Å². The topological polar surface area (TPSA) is 77.0 Å². The minimum Gasteiger partial charge on any atom is -0.333 e. The van der Waals surface area contributed by atoms with E-state index in [0.29, 0.717) is 25.3 Å². The monoisotopic (exact) mass is 273 g/mol. The normalized spacial score (nSPS) is 10.5. The molecule has 0 radical (unpaired) electrons. The molecular formula is C14H19N5O. The molecule has 0 saturated carbocycles. The standard InChI is InChI=1S/C14H19N5O/c1-18-13(5-8-17-18)14(20)19(9-3-6-15)11-12-4-2-7-16-10-12/h2,4-5,7-8,10H,3,6,9,11,15H2,1H3. The van der Waals surface area contributed by atoms with Crippen molar-refractivity contribution >= 4 is 5.91 Å². The second-order valence-electron chi connectivity index (χ2n) is 4.57. The summed E-state index contributed by atoms with van der Waals surface area (Å²) in [4.78, 5) is 18.4. The van der Waals surface area contributed by atoms with E-state index in [1.165, 1.54) is 0 Å². The number of hydrogen-bond acceptors (Lipinski definition) is 4. The molecule has 0 bridgehead atoms. The fourth-order valence-electron chi connectivity index (χ4n) is 1.99. The highest BCUT2D eigenvalue weighted by molar-refractivity contribution is 5.92. The number of aryl methyl sites for hydroxylation is 1. The lowest BCUT2D eigenvalue weighted by Crippen LogP contribution is -2.33. The van der Waals surface area contributed by atoms with Crippen LogP contribution in [0.25, 0.3) is 0 Å². The lowest BCUT2D eigenvalue weighted by molar-refractivity contribution is 0.0731. The average Bonchev–Trinajstić information content (AvgIpc) is 2.90. The number of nitrogens with two attached hydrogens (primary N) is 1. The SMILES string of the molecule is Cn1nccc1C(=O)N(CCCN)Cc1cccnc1. The van der Waals surface area contributed by atoms with Gasteiger partial charge in [0, 0.05) is 38.7 Å². The molecule has 0 unspecified atom stereocenters. The van der Waals surface area contributed by atoms with Gasteiger partial charge in [0.1, 0.15) is 5.69 Å². The highest BCUT2D eigenvalue weighted by Crippen LogP contribution is 2.09. The average molecular weight is 273 g/mol. The maximum atomic E-state index is 12.5. The molecule has 2 N–H and O–H groups in total. The Hall–Kier alpha value is -2.21. The summed E-state index contributed by atoms with van der Waals surface area (Å²) in [6, 6.07) is 5.55. The molecular weight excluding hydrogens is 254 g/mol. The van der Waals surface area contributed by atoms with Crippen molar-refractivity contribution in [3.05, 3.63) is 48.0 Å². The van der Waals surface area contributed by atoms with Gasteiger partial charge in [-0.3, -0.25) is 14.5 Å². The number of rotatable bonds is 6. The fourth-order valence-corrected chi connectivity index (χ4v) is 1.99. The highest BCUT2D eigenvalue weighted by Gasteiger charge is 2.18. The molecule has 106 valence electrons. The van der Waals surface area contributed by atoms with E-state index in [9.17, 15) is 4.79 Å². The van der Waals surface area contributed by atoms with Crippen molar-refractivity contribution in [2.75, 3.05) is 13.1 Å². The molecule has 0 saturated heterocycles. The van der Waals surface area contributed by atoms with Crippen molar-refractivity contribution in [3.8, 4) is 0 Å². The summed E-state index contributed by atoms with van der Waals surface area (Å²) in [7, 11) is 1.76. The number of hydrogen-bond donors (Lipinski definition) is 1. The van der Waals surface area contributed by atoms with E-state index in [-0.39, 0.29) is 5.91 Å². The second kappa shape index (κ2) is 6.81. The largest absolute Gasteiger partial charge is 0.333 e. The Morgan fingerprint density at radius 1 is 1.40 bits per heavy atom. The summed E-state index contributed by atoms with van der Waals surface area (Å²) in [5.74, 6) is -0.0395. The van der Waals surface area contributed by atoms with Gasteiger partial charge < -0.3 is 10.6 Å². The predicted molar refractivity (Wildman–Crippen MR) is 75.9 cm³/mol. The molecule has 0 spiro atoms. The molecule has 0 aliphatic carbocycles. The molecule has 2 heterocycles. The molecule has 6 nitrogen and oxygen atoms in total. The first-order valence-electron chi connectivity index (χ1n) is 6.58. The van der Waals surface area contributed by atoms with E-state index in [1.807, 2.05) is 12.1 Å². The van der Waals surface area contributed by atoms with Gasteiger partial charge in [0.15, 0.2) is 0 Å². The molecule has 2 aromatic rings. The third-order valence-corrected chi connectivity index (χ3v) is 3.06. The Balaban J connectivity index is 2.15. The molecule has 0 aliphatic heterocycles. The van der Waals surface area contributed by atoms with Crippen molar-refractivity contribution in [3.63, 3.8) is 0 Å². The zero-order valence-electron chi connectivity index (χ0n) is 11.6. The molecule has 2 aromatic heterocycles. The summed E-state index contributed by atoms with van der Waals surface area (Å²) in [5, 5.41) is 4.04. The summed E-state index contributed by atoms with van der Waals surface area (Å²) >= 11 is 0. The lowest BCUT2D eigenvalue weighted by Gasteiger charge is -2.22. The summed E-state index contributed by atoms with van der Waals surface area (Å²) in [5.41, 5.74) is 7.13. The van der Waals surface area contributed by atoms with E-state index in [2.05, 4.69) is 10.1 Å². The number of nitrogens with zero attached hydrogens (tertiary/aromatic N) is 4. The molecule has 0 aliphatic rings. The molecule has 6 heteroatoms. The summed E-state index contributed by atoms with van der Waals surface area (Å²) in [6.07, 6.45) is 5.88. The van der Waals surface area contributed by atoms with Crippen molar-refractivity contribution < 1.29 is 4.79 Å². The van der Waals surface area contributed by atoms with Crippen LogP contribution in [0.4, 0.5) is 0 Å². The van der Waals surface area contributed by atoms with Crippen LogP contribution >= 0.6 is 0 Å². The van der Waals surface area contributed by atoms with Crippen molar-refractivity contribution in [2.45, 2.75) is 13.0 Å². The Morgan fingerprint density at radius 2 is 2.25 bits per heavy atom. The highest BCUT2D eigenvalue weighted by atomic mass is 16.2. The van der Waals surface area contributed by atoms with Crippen LogP contribution in [0.1, 0.15) is 22.5 Å². The van der Waals surface area contributed by atoms with Crippen LogP contribution in [0.15, 0.2) is 36.8 Å². The zero-order valence-corrected chi connectivity index (χ0v) is 11.6. The van der Waals surface area contributed by atoms with Crippen LogP contribution in [0.2, 0.25) is 0 Å². The first kappa shape index (κ1) is 14.2. The van der Waals surface area contributed by atoms with Gasteiger partial charge in [0.2, 0.25) is 0 Å². The smallest absolute Gasteiger partial charge is 0.272 e. The lowest BCUT2D eigenvalue weighted by atomic mass is 10.2. The Labute approximate surface area is 118 Å². The maximum Gasteiger partial charge on any atom is 0.272 e. The Bertz CT molecular complexity index is 552. The van der Waals surface area contributed by atoms with Gasteiger partial charge in [-0.25, -0.2) is 0 Å². The van der Waals surface area contributed by atoms with Crippen LogP contribution in [-0.2, 0) is 13.6 Å². The third kappa shape index (κ3) is 3.42. The molecule has 0 fully saturated rings. The number of carbonyl (C=O) groups is 1. The fraction of sp³-hybridized carbons (Fsp3) is 0.357. The van der Waals surface area contributed by atoms with E-state index in [4.69, 9.17) is 5.73 Å². The predicted octanol–water partition coefficient (Wildman–Crippen LogP) is 0.806. The van der Waals surface area contributed by atoms with Crippen molar-refractivity contribution in [2.24, 2.45) is 12.8 Å². The van der Waals surface area contributed by atoms with Gasteiger partial charge in [-0.1, -0.05) is 6.07 Å². The molecule has 2 rings (SSSR count). The molecule has 1 amide bonds. The van der Waals surface area contributed by atoms with Gasteiger partial charge in [0.25, 0.3) is 5.91 Å². The first-order chi connectivity index (χ1) is 9.72. The number of pyridine rings is 1.